The van der Waals surface area contributed by atoms with E-state index < -0.39 is 0 Å². The molecule has 0 fully saturated rings. The Balaban J connectivity index is 0.709. The van der Waals surface area contributed by atoms with Crippen LogP contribution in [0.5, 0.6) is 0 Å². The van der Waals surface area contributed by atoms with Gasteiger partial charge in [0, 0.05) is 111 Å². The van der Waals surface area contributed by atoms with Crippen molar-refractivity contribution in [3.8, 4) is 102 Å². The Kier molecular flexibility index (Phi) is 21.4. The summed E-state index contributed by atoms with van der Waals surface area (Å²) >= 11 is 0. The summed E-state index contributed by atoms with van der Waals surface area (Å²) in [4.78, 5) is 56.2. The first-order chi connectivity index (χ1) is 64.3. The third-order valence-corrected chi connectivity index (χ3v) is 25.1. The first kappa shape index (κ1) is 79.4. The van der Waals surface area contributed by atoms with Crippen molar-refractivity contribution in [2.45, 2.75) is 78.1 Å². The van der Waals surface area contributed by atoms with E-state index >= 15 is 0 Å². The highest BCUT2D eigenvalue weighted by Crippen LogP contribution is 2.42. The van der Waals surface area contributed by atoms with Crippen LogP contribution in [0.4, 0.5) is 0 Å². The lowest BCUT2D eigenvalue weighted by atomic mass is 10.00. The van der Waals surface area contributed by atoms with Crippen LogP contribution in [-0.4, -0.2) is 59.8 Å². The molecule has 0 saturated heterocycles. The molecule has 15 heterocycles. The van der Waals surface area contributed by atoms with E-state index in [2.05, 4.69) is 419 Å². The van der Waals surface area contributed by atoms with Crippen molar-refractivity contribution in [2.24, 2.45) is 0 Å². The molecule has 7 aromatic carbocycles. The predicted octanol–water partition coefficient (Wildman–Crippen LogP) is 29.3. The molecule has 22 rings (SSSR count). The Bertz CT molecular complexity index is 8000. The highest BCUT2D eigenvalue weighted by molar-refractivity contribution is 6.02. The van der Waals surface area contributed by atoms with Crippen molar-refractivity contribution in [3.63, 3.8) is 0 Å². The van der Waals surface area contributed by atoms with Gasteiger partial charge in [-0.25, -0.2) is 29.9 Å². The van der Waals surface area contributed by atoms with Crippen LogP contribution in [0.1, 0.15) is 167 Å². The monoisotopic (exact) mass is 1670 g/mol. The van der Waals surface area contributed by atoms with Gasteiger partial charge in [0.1, 0.15) is 0 Å². The maximum Gasteiger partial charge on any atom is 0.0815 e. The van der Waals surface area contributed by atoms with Crippen molar-refractivity contribution in [1.82, 2.24) is 59.8 Å². The highest BCUT2D eigenvalue weighted by atomic mass is 14.8. The van der Waals surface area contributed by atoms with Crippen molar-refractivity contribution >= 4 is 139 Å². The van der Waals surface area contributed by atoms with Gasteiger partial charge >= 0.3 is 0 Å². The molecule has 6 aliphatic heterocycles. The molecule has 0 spiro atoms. The molecule has 0 unspecified atom stereocenters. The summed E-state index contributed by atoms with van der Waals surface area (Å²) in [6, 6.07) is 98.4. The number of nitrogens with zero attached hydrogens (tertiary/aromatic N) is 6. The van der Waals surface area contributed by atoms with Crippen LogP contribution in [0.3, 0.4) is 0 Å². The summed E-state index contributed by atoms with van der Waals surface area (Å²) in [5, 5.41) is 0. The van der Waals surface area contributed by atoms with Crippen LogP contribution in [0.25, 0.3) is 217 Å². The van der Waals surface area contributed by atoms with E-state index in [-0.39, 0.29) is 0 Å². The fraction of sp³-hybridized carbons (Fsp3) is 0.102. The highest BCUT2D eigenvalue weighted by Gasteiger charge is 2.23. The van der Waals surface area contributed by atoms with Crippen LogP contribution < -0.4 is 0 Å². The first-order valence-electron chi connectivity index (χ1n) is 45.2. The minimum atomic E-state index is 0.720. The molecule has 6 N–H and O–H groups in total. The van der Waals surface area contributed by atoms with Crippen molar-refractivity contribution < 1.29 is 0 Å². The van der Waals surface area contributed by atoms with Gasteiger partial charge in [0.05, 0.1) is 90.5 Å². The Morgan fingerprint density at radius 1 is 0.215 bits per heavy atom. The molecule has 6 aliphatic rings. The Morgan fingerprint density at radius 2 is 0.500 bits per heavy atom. The number of benzene rings is 7. The molecule has 0 atom stereocenters. The van der Waals surface area contributed by atoms with Gasteiger partial charge in [-0.1, -0.05) is 246 Å². The number of hydrogen-bond donors (Lipinski definition) is 6. The number of nitrogens with one attached hydrogen (secondary N) is 6. The zero-order valence-corrected chi connectivity index (χ0v) is 72.2. The molecule has 130 heavy (non-hydrogen) atoms. The Morgan fingerprint density at radius 3 is 0.892 bits per heavy atom. The van der Waals surface area contributed by atoms with Gasteiger partial charge in [0.25, 0.3) is 0 Å². The van der Waals surface area contributed by atoms with Gasteiger partial charge in [0.2, 0.25) is 0 Å². The topological polar surface area (TPSA) is 172 Å². The predicted molar refractivity (Wildman–Crippen MR) is 542 cm³/mol. The molecule has 12 nitrogen and oxygen atoms in total. The van der Waals surface area contributed by atoms with Crippen molar-refractivity contribution in [3.05, 3.63) is 381 Å². The smallest absolute Gasteiger partial charge is 0.0815 e. The molecule has 9 aromatic heterocycles. The number of unbranched alkanes of at least 4 members (excludes halogenated alkanes) is 6. The number of fused-ring (bicyclic) bond motifs is 24. The van der Waals surface area contributed by atoms with Crippen molar-refractivity contribution in [1.29, 1.82) is 0 Å². The summed E-state index contributed by atoms with van der Waals surface area (Å²) in [5.41, 5.74) is 40.7. The van der Waals surface area contributed by atoms with Gasteiger partial charge in [-0.05, 0) is 252 Å². The number of aryl methyl sites for hydroxylation is 2. The number of aromatic amines is 6. The summed E-state index contributed by atoms with van der Waals surface area (Å²) in [6.45, 7) is 4.54. The second-order valence-electron chi connectivity index (χ2n) is 33.7. The summed E-state index contributed by atoms with van der Waals surface area (Å²) in [7, 11) is 0. The van der Waals surface area contributed by atoms with Crippen LogP contribution in [0.2, 0.25) is 0 Å². The maximum atomic E-state index is 5.67. The first-order valence-corrected chi connectivity index (χ1v) is 45.2. The molecular formula is C118H90N12. The van der Waals surface area contributed by atoms with Crippen molar-refractivity contribution in [2.75, 3.05) is 0 Å². The van der Waals surface area contributed by atoms with E-state index in [9.17, 15) is 0 Å². The molecule has 16 aromatic rings. The average Bonchev–Trinajstić information content (AvgIpc) is 1.67. The third kappa shape index (κ3) is 16.0. The van der Waals surface area contributed by atoms with E-state index in [1.807, 2.05) is 0 Å². The molecule has 622 valence electrons. The summed E-state index contributed by atoms with van der Waals surface area (Å²) in [6.07, 6.45) is 36.7. The normalized spacial score (nSPS) is 12.2. The third-order valence-electron chi connectivity index (χ3n) is 25.1. The van der Waals surface area contributed by atoms with E-state index in [1.54, 1.807) is 0 Å². The lowest BCUT2D eigenvalue weighted by molar-refractivity contribution is 0.667. The van der Waals surface area contributed by atoms with Gasteiger partial charge < -0.3 is 29.9 Å². The number of rotatable bonds is 17. The Labute approximate surface area is 754 Å². The second-order valence-corrected chi connectivity index (χ2v) is 33.7. The molecule has 0 radical (unpaired) electrons. The fourth-order valence-electron chi connectivity index (χ4n) is 18.6. The zero-order chi connectivity index (χ0) is 86.8. The molecular weight excluding hydrogens is 1590 g/mol. The quantitative estimate of drug-likeness (QED) is 0.0391. The molecule has 12 heteroatoms. The summed E-state index contributed by atoms with van der Waals surface area (Å²) < 4.78 is 0. The standard InChI is InChI=1S/C118H90N12/c1-3-5-7-13-23-75-33-41-82(42-34-75)116-102-63-61-93(125-102)89(32-22-8-6-4-2)92-57-58-94(123-92)90(51-39-76-35-43-83(44-36-76)117-108-69-65-104(127-108)112(78-24-14-9-15-25-78)98-53-47-85(119-98)73-86-48-54-99(120-86)113(79-26-16-10-17-27-79)105-66-70-109(117)128-105)95-59-60-96(124-95)91(97-62-64-103(116)126-97)52-40-77-37-45-84(46-38-77)118-110-71-67-106(129-110)114(80-28-18-11-19-29-80)100-55-49-87(121-100)74-88-50-56-101(122-88)115(81-30-20-12-21-31-81)107-68-72-111(118)130-107/h9-12,14-21,24-31,33-38,41-50,53-74,119,121,124-125,128,130H,3-8,13,22-23,32H2,1-2H3. The van der Waals surface area contributed by atoms with Crippen LogP contribution in [0, 0.1) is 23.7 Å². The molecule has 0 amide bonds. The SMILES string of the molecule is CCCCCCc1ccc(-c2c3nc(c(C#Cc4ccc(-c5c6nc(c(-c7ccccc7)c7ccc(cc8nc(c(-c9ccccc9)c9ccc5[nH]9)C=C8)[nH]7)C=C6)cc4)c4ccc([nH]4)c(C#Cc4ccc(-c5c6nc(c(-c7ccccc7)c7ccc(cc8nc(c(-c9ccccc9)c9ccc5[nH]9)C=C8)[nH]7)C=C6)cc4)c4nc(c(CCCCCC)c5ccc2[nH]5)C=C4)C=C3)cc1. The van der Waals surface area contributed by atoms with E-state index in [0.717, 1.165) is 285 Å². The maximum absolute atomic E-state index is 5.67. The number of aromatic nitrogens is 12. The lowest BCUT2D eigenvalue weighted by Crippen LogP contribution is -1.93. The second kappa shape index (κ2) is 35.1. The van der Waals surface area contributed by atoms with Gasteiger partial charge in [0.15, 0.2) is 0 Å². The van der Waals surface area contributed by atoms with Crippen LogP contribution in [0.15, 0.2) is 279 Å². The molecule has 24 bridgehead atoms. The van der Waals surface area contributed by atoms with E-state index in [1.165, 1.54) is 24.8 Å². The van der Waals surface area contributed by atoms with Crippen LogP contribution in [-0.2, 0) is 12.8 Å². The lowest BCUT2D eigenvalue weighted by Gasteiger charge is -2.07. The van der Waals surface area contributed by atoms with Gasteiger partial charge in [-0.2, -0.15) is 0 Å². The minimum absolute atomic E-state index is 0.720. The van der Waals surface area contributed by atoms with E-state index in [0.29, 0.717) is 0 Å². The van der Waals surface area contributed by atoms with Gasteiger partial charge in [-0.15, -0.1) is 0 Å². The Hall–Kier alpha value is -16.5. The van der Waals surface area contributed by atoms with E-state index in [4.69, 9.17) is 29.9 Å². The zero-order valence-electron chi connectivity index (χ0n) is 72.2. The number of H-pyrrole nitrogens is 6. The molecule has 0 aliphatic carbocycles. The number of hydrogen-bond acceptors (Lipinski definition) is 6. The van der Waals surface area contributed by atoms with Gasteiger partial charge in [-0.3, -0.25) is 0 Å². The molecule has 0 saturated carbocycles. The fourth-order valence-corrected chi connectivity index (χ4v) is 18.6. The van der Waals surface area contributed by atoms with Crippen LogP contribution >= 0.6 is 0 Å². The average molecular weight is 1680 g/mol. The largest absolute Gasteiger partial charge is 0.355 e. The summed E-state index contributed by atoms with van der Waals surface area (Å²) in [5.74, 6) is 14.9. The minimum Gasteiger partial charge on any atom is -0.355 e.